The maximum absolute atomic E-state index is 12.8. The Morgan fingerprint density at radius 2 is 1.92 bits per heavy atom. The lowest BCUT2D eigenvalue weighted by molar-refractivity contribution is -0.137. The van der Waals surface area contributed by atoms with Gasteiger partial charge in [0.25, 0.3) is 5.91 Å². The van der Waals surface area contributed by atoms with Crippen LogP contribution in [0.2, 0.25) is 0 Å². The molecule has 1 fully saturated rings. The van der Waals surface area contributed by atoms with Gasteiger partial charge in [-0.3, -0.25) is 14.3 Å². The highest BCUT2D eigenvalue weighted by atomic mass is 16.4. The molecule has 138 valence electrons. The second-order valence-electron chi connectivity index (χ2n) is 6.89. The second-order valence-corrected chi connectivity index (χ2v) is 6.89. The van der Waals surface area contributed by atoms with Crippen molar-refractivity contribution < 1.29 is 14.7 Å². The number of carbonyl (C=O) groups excluding carboxylic acids is 1. The molecule has 2 aromatic rings. The quantitative estimate of drug-likeness (QED) is 0.761. The van der Waals surface area contributed by atoms with E-state index in [1.165, 1.54) is 12.8 Å². The highest BCUT2D eigenvalue weighted by Crippen LogP contribution is 2.29. The Balaban J connectivity index is 1.70. The molecule has 1 aromatic carbocycles. The average Bonchev–Trinajstić information content (AvgIpc) is 3.31. The van der Waals surface area contributed by atoms with E-state index in [4.69, 9.17) is 5.11 Å². The number of amides is 1. The van der Waals surface area contributed by atoms with Crippen molar-refractivity contribution >= 4 is 11.9 Å². The highest BCUT2D eigenvalue weighted by Gasteiger charge is 2.24. The van der Waals surface area contributed by atoms with E-state index in [0.29, 0.717) is 18.5 Å². The number of carboxylic acid groups (broad SMARTS) is 1. The molecule has 1 saturated carbocycles. The summed E-state index contributed by atoms with van der Waals surface area (Å²) < 4.78 is 1.83. The molecule has 1 aliphatic rings. The van der Waals surface area contributed by atoms with Crippen LogP contribution < -0.4 is 5.32 Å². The fourth-order valence-corrected chi connectivity index (χ4v) is 3.61. The SMILES string of the molecule is O=C(O)CCC(Cc1ccccc1)NC(=O)c1ccnn1C1CCCC1. The molecule has 6 heteroatoms. The number of nitrogens with zero attached hydrogens (tertiary/aromatic N) is 2. The van der Waals surface area contributed by atoms with Crippen LogP contribution in [-0.4, -0.2) is 32.8 Å². The number of hydrogen-bond acceptors (Lipinski definition) is 3. The van der Waals surface area contributed by atoms with E-state index in [2.05, 4.69) is 10.4 Å². The Morgan fingerprint density at radius 1 is 1.19 bits per heavy atom. The van der Waals surface area contributed by atoms with Crippen molar-refractivity contribution in [2.24, 2.45) is 0 Å². The first-order valence-electron chi connectivity index (χ1n) is 9.23. The zero-order chi connectivity index (χ0) is 18.4. The smallest absolute Gasteiger partial charge is 0.303 e. The van der Waals surface area contributed by atoms with Gasteiger partial charge in [-0.05, 0) is 37.3 Å². The van der Waals surface area contributed by atoms with E-state index in [9.17, 15) is 9.59 Å². The molecule has 0 radical (unpaired) electrons. The fourth-order valence-electron chi connectivity index (χ4n) is 3.61. The molecular weight excluding hydrogens is 330 g/mol. The van der Waals surface area contributed by atoms with Crippen LogP contribution in [0, 0.1) is 0 Å². The van der Waals surface area contributed by atoms with Gasteiger partial charge in [0.05, 0.1) is 6.04 Å². The Labute approximate surface area is 153 Å². The topological polar surface area (TPSA) is 84.2 Å². The standard InChI is InChI=1S/C20H25N3O3/c24-19(25)11-10-16(14-15-6-2-1-3-7-15)22-20(26)18-12-13-21-23(18)17-8-4-5-9-17/h1-3,6-7,12-13,16-17H,4-5,8-11,14H2,(H,22,26)(H,24,25). The summed E-state index contributed by atoms with van der Waals surface area (Å²) in [7, 11) is 0. The number of nitrogens with one attached hydrogen (secondary N) is 1. The van der Waals surface area contributed by atoms with Crippen LogP contribution in [0.4, 0.5) is 0 Å². The van der Waals surface area contributed by atoms with Gasteiger partial charge >= 0.3 is 5.97 Å². The summed E-state index contributed by atoms with van der Waals surface area (Å²) in [6, 6.07) is 11.6. The zero-order valence-electron chi connectivity index (χ0n) is 14.8. The lowest BCUT2D eigenvalue weighted by Gasteiger charge is -2.20. The molecule has 1 heterocycles. The van der Waals surface area contributed by atoms with Gasteiger partial charge in [-0.2, -0.15) is 5.10 Å². The van der Waals surface area contributed by atoms with Gasteiger partial charge in [-0.1, -0.05) is 43.2 Å². The first-order chi connectivity index (χ1) is 12.6. The summed E-state index contributed by atoms with van der Waals surface area (Å²) in [6.07, 6.45) is 7.13. The number of aromatic nitrogens is 2. The Morgan fingerprint density at radius 3 is 2.62 bits per heavy atom. The van der Waals surface area contributed by atoms with Gasteiger partial charge in [0.2, 0.25) is 0 Å². The maximum Gasteiger partial charge on any atom is 0.303 e. The Hall–Kier alpha value is -2.63. The third kappa shape index (κ3) is 4.71. The first-order valence-corrected chi connectivity index (χ1v) is 9.23. The van der Waals surface area contributed by atoms with Crippen molar-refractivity contribution in [3.63, 3.8) is 0 Å². The predicted octanol–water partition coefficient (Wildman–Crippen LogP) is 3.20. The van der Waals surface area contributed by atoms with E-state index >= 15 is 0 Å². The minimum absolute atomic E-state index is 0.0274. The van der Waals surface area contributed by atoms with Gasteiger partial charge in [-0.15, -0.1) is 0 Å². The first kappa shape index (κ1) is 18.2. The number of hydrogen-bond donors (Lipinski definition) is 2. The number of benzene rings is 1. The number of aliphatic carboxylic acids is 1. The van der Waals surface area contributed by atoms with Gasteiger partial charge in [-0.25, -0.2) is 0 Å². The second kappa shape index (κ2) is 8.65. The third-order valence-electron chi connectivity index (χ3n) is 4.94. The molecule has 1 unspecified atom stereocenters. The van der Waals surface area contributed by atoms with E-state index in [-0.39, 0.29) is 24.4 Å². The molecule has 26 heavy (non-hydrogen) atoms. The van der Waals surface area contributed by atoms with Crippen molar-refractivity contribution in [3.8, 4) is 0 Å². The lowest BCUT2D eigenvalue weighted by atomic mass is 10.0. The summed E-state index contributed by atoms with van der Waals surface area (Å²) in [5.74, 6) is -1.03. The van der Waals surface area contributed by atoms with Crippen LogP contribution in [0.15, 0.2) is 42.6 Å². The number of carboxylic acids is 1. The fraction of sp³-hybridized carbons (Fsp3) is 0.450. The van der Waals surface area contributed by atoms with Gasteiger partial charge in [0, 0.05) is 18.7 Å². The summed E-state index contributed by atoms with van der Waals surface area (Å²) in [6.45, 7) is 0. The third-order valence-corrected chi connectivity index (χ3v) is 4.94. The molecule has 6 nitrogen and oxygen atoms in total. The summed E-state index contributed by atoms with van der Waals surface area (Å²) >= 11 is 0. The van der Waals surface area contributed by atoms with Crippen LogP contribution in [-0.2, 0) is 11.2 Å². The normalized spacial score (nSPS) is 15.7. The van der Waals surface area contributed by atoms with Crippen molar-refractivity contribution in [2.45, 2.75) is 57.0 Å². The van der Waals surface area contributed by atoms with Crippen molar-refractivity contribution in [1.82, 2.24) is 15.1 Å². The van der Waals surface area contributed by atoms with E-state index in [1.54, 1.807) is 12.3 Å². The Kier molecular flexibility index (Phi) is 6.04. The van der Waals surface area contributed by atoms with Crippen molar-refractivity contribution in [1.29, 1.82) is 0 Å². The van der Waals surface area contributed by atoms with E-state index < -0.39 is 5.97 Å². The maximum atomic E-state index is 12.8. The van der Waals surface area contributed by atoms with E-state index in [1.807, 2.05) is 35.0 Å². The molecule has 1 aromatic heterocycles. The van der Waals surface area contributed by atoms with E-state index in [0.717, 1.165) is 18.4 Å². The Bertz CT molecular complexity index is 736. The molecule has 0 bridgehead atoms. The van der Waals surface area contributed by atoms with Crippen molar-refractivity contribution in [3.05, 3.63) is 53.9 Å². The van der Waals surface area contributed by atoms with Gasteiger partial charge in [0.1, 0.15) is 5.69 Å². The largest absolute Gasteiger partial charge is 0.481 e. The van der Waals surface area contributed by atoms with Crippen LogP contribution in [0.3, 0.4) is 0 Å². The minimum Gasteiger partial charge on any atom is -0.481 e. The van der Waals surface area contributed by atoms with Crippen LogP contribution in [0.1, 0.15) is 60.6 Å². The summed E-state index contributed by atoms with van der Waals surface area (Å²) in [5, 5.41) is 16.4. The summed E-state index contributed by atoms with van der Waals surface area (Å²) in [4.78, 5) is 23.8. The van der Waals surface area contributed by atoms with Gasteiger partial charge < -0.3 is 10.4 Å². The average molecular weight is 355 g/mol. The molecule has 1 aliphatic carbocycles. The molecule has 1 atom stereocenters. The molecule has 2 N–H and O–H groups in total. The molecule has 1 amide bonds. The van der Waals surface area contributed by atoms with Crippen LogP contribution in [0.5, 0.6) is 0 Å². The predicted molar refractivity (Wildman–Crippen MR) is 98.0 cm³/mol. The molecule has 3 rings (SSSR count). The van der Waals surface area contributed by atoms with Crippen LogP contribution in [0.25, 0.3) is 0 Å². The van der Waals surface area contributed by atoms with Crippen LogP contribution >= 0.6 is 0 Å². The number of rotatable bonds is 8. The number of carbonyl (C=O) groups is 2. The minimum atomic E-state index is -0.853. The zero-order valence-corrected chi connectivity index (χ0v) is 14.8. The summed E-state index contributed by atoms with van der Waals surface area (Å²) in [5.41, 5.74) is 1.64. The molecule has 0 aliphatic heterocycles. The monoisotopic (exact) mass is 355 g/mol. The van der Waals surface area contributed by atoms with Crippen molar-refractivity contribution in [2.75, 3.05) is 0 Å². The molecular formula is C20H25N3O3. The van der Waals surface area contributed by atoms with Gasteiger partial charge in [0.15, 0.2) is 0 Å². The molecule has 0 saturated heterocycles. The highest BCUT2D eigenvalue weighted by molar-refractivity contribution is 5.92. The lowest BCUT2D eigenvalue weighted by Crippen LogP contribution is -2.38. The molecule has 0 spiro atoms.